The molecule has 1 heterocycles. The molecule has 0 amide bonds. The number of nitrogens with zero attached hydrogens (tertiary/aromatic N) is 1. The topological polar surface area (TPSA) is 40.5 Å². The van der Waals surface area contributed by atoms with Gasteiger partial charge in [0.1, 0.15) is 6.04 Å². The molecule has 0 saturated carbocycles. The lowest BCUT2D eigenvalue weighted by Crippen LogP contribution is -2.54. The molecule has 1 aliphatic heterocycles. The maximum Gasteiger partial charge on any atom is 0.320 e. The second-order valence-corrected chi connectivity index (χ2v) is 4.60. The van der Waals surface area contributed by atoms with Crippen LogP contribution in [0.25, 0.3) is 0 Å². The van der Waals surface area contributed by atoms with Crippen molar-refractivity contribution in [3.8, 4) is 0 Å². The molecule has 3 heteroatoms. The highest BCUT2D eigenvalue weighted by atomic mass is 16.4. The van der Waals surface area contributed by atoms with Crippen LogP contribution in [0.15, 0.2) is 0 Å². The molecule has 15 heavy (non-hydrogen) atoms. The summed E-state index contributed by atoms with van der Waals surface area (Å²) in [4.78, 5) is 13.2. The van der Waals surface area contributed by atoms with E-state index in [-0.39, 0.29) is 6.04 Å². The highest BCUT2D eigenvalue weighted by molar-refractivity contribution is 5.73. The molecule has 1 N–H and O–H groups in total. The lowest BCUT2D eigenvalue weighted by atomic mass is 9.92. The number of hydrogen-bond donors (Lipinski definition) is 1. The molecule has 1 aliphatic rings. The first-order valence-corrected chi connectivity index (χ1v) is 6.15. The molecular weight excluding hydrogens is 190 g/mol. The fourth-order valence-corrected chi connectivity index (χ4v) is 2.31. The summed E-state index contributed by atoms with van der Waals surface area (Å²) < 4.78 is 0. The van der Waals surface area contributed by atoms with E-state index < -0.39 is 5.97 Å². The number of carboxylic acid groups (broad SMARTS) is 1. The second-order valence-electron chi connectivity index (χ2n) is 4.60. The maximum atomic E-state index is 11.1. The van der Waals surface area contributed by atoms with Gasteiger partial charge in [0.2, 0.25) is 0 Å². The quantitative estimate of drug-likeness (QED) is 0.705. The molecule has 0 aromatic carbocycles. The summed E-state index contributed by atoms with van der Waals surface area (Å²) in [6.07, 6.45) is 5.37. The van der Waals surface area contributed by atoms with Gasteiger partial charge in [-0.1, -0.05) is 33.1 Å². The summed E-state index contributed by atoms with van der Waals surface area (Å²) in [7, 11) is 0. The van der Waals surface area contributed by atoms with Crippen molar-refractivity contribution in [1.29, 1.82) is 0 Å². The van der Waals surface area contributed by atoms with Gasteiger partial charge in [-0.2, -0.15) is 0 Å². The third-order valence-corrected chi connectivity index (χ3v) is 3.24. The fraction of sp³-hybridized carbons (Fsp3) is 0.917. The van der Waals surface area contributed by atoms with Crippen LogP contribution in [0.4, 0.5) is 0 Å². The van der Waals surface area contributed by atoms with Gasteiger partial charge in [-0.05, 0) is 18.8 Å². The molecule has 1 atom stereocenters. The summed E-state index contributed by atoms with van der Waals surface area (Å²) in [5.74, 6) is 0.108. The Kier molecular flexibility index (Phi) is 5.09. The average Bonchev–Trinajstić information content (AvgIpc) is 2.13. The zero-order chi connectivity index (χ0) is 11.3. The zero-order valence-corrected chi connectivity index (χ0v) is 9.91. The van der Waals surface area contributed by atoms with Gasteiger partial charge in [-0.3, -0.25) is 9.69 Å². The predicted molar refractivity (Wildman–Crippen MR) is 60.9 cm³/mol. The van der Waals surface area contributed by atoms with E-state index in [9.17, 15) is 4.79 Å². The van der Waals surface area contributed by atoms with E-state index in [1.165, 1.54) is 12.8 Å². The van der Waals surface area contributed by atoms with Crippen LogP contribution in [0.5, 0.6) is 0 Å². The number of unbranched alkanes of at least 4 members (excludes halogenated alkanes) is 1. The molecule has 0 bridgehead atoms. The van der Waals surface area contributed by atoms with Gasteiger partial charge in [0.15, 0.2) is 0 Å². The Morgan fingerprint density at radius 3 is 2.53 bits per heavy atom. The minimum Gasteiger partial charge on any atom is -0.480 e. The zero-order valence-electron chi connectivity index (χ0n) is 9.91. The Balaban J connectivity index is 2.30. The number of hydrogen-bond acceptors (Lipinski definition) is 2. The molecule has 1 rings (SSSR count). The standard InChI is InChI=1S/C12H23NO2/c1-3-5-7-11(12(14)15)13-8-10(9-13)6-4-2/h10-11H,3-9H2,1-2H3,(H,14,15). The maximum absolute atomic E-state index is 11.1. The fourth-order valence-electron chi connectivity index (χ4n) is 2.31. The average molecular weight is 213 g/mol. The molecule has 0 aliphatic carbocycles. The van der Waals surface area contributed by atoms with E-state index in [0.717, 1.165) is 38.3 Å². The third-order valence-electron chi connectivity index (χ3n) is 3.24. The highest BCUT2D eigenvalue weighted by Crippen LogP contribution is 2.24. The molecule has 1 saturated heterocycles. The summed E-state index contributed by atoms with van der Waals surface area (Å²) in [5.41, 5.74) is 0. The summed E-state index contributed by atoms with van der Waals surface area (Å²) in [6.45, 7) is 6.28. The van der Waals surface area contributed by atoms with E-state index in [1.807, 2.05) is 0 Å². The largest absolute Gasteiger partial charge is 0.480 e. The molecule has 0 spiro atoms. The smallest absolute Gasteiger partial charge is 0.320 e. The van der Waals surface area contributed by atoms with Crippen LogP contribution >= 0.6 is 0 Å². The lowest BCUT2D eigenvalue weighted by Gasteiger charge is -2.42. The molecule has 88 valence electrons. The third kappa shape index (κ3) is 3.49. The minimum absolute atomic E-state index is 0.224. The Morgan fingerprint density at radius 1 is 1.40 bits per heavy atom. The van der Waals surface area contributed by atoms with Crippen LogP contribution in [-0.4, -0.2) is 35.1 Å². The minimum atomic E-state index is -0.640. The van der Waals surface area contributed by atoms with Crippen molar-refractivity contribution < 1.29 is 9.90 Å². The molecule has 1 fully saturated rings. The Hall–Kier alpha value is -0.570. The summed E-state index contributed by atoms with van der Waals surface area (Å²) in [5, 5.41) is 9.11. The van der Waals surface area contributed by atoms with Crippen molar-refractivity contribution in [2.75, 3.05) is 13.1 Å². The number of likely N-dealkylation sites (tertiary alicyclic amines) is 1. The van der Waals surface area contributed by atoms with Crippen LogP contribution in [0.2, 0.25) is 0 Å². The van der Waals surface area contributed by atoms with Crippen LogP contribution in [0.3, 0.4) is 0 Å². The molecule has 1 unspecified atom stereocenters. The van der Waals surface area contributed by atoms with Gasteiger partial charge in [0, 0.05) is 13.1 Å². The van der Waals surface area contributed by atoms with E-state index >= 15 is 0 Å². The van der Waals surface area contributed by atoms with Crippen molar-refractivity contribution in [3.05, 3.63) is 0 Å². The normalized spacial score (nSPS) is 19.9. The number of rotatable bonds is 7. The first-order chi connectivity index (χ1) is 7.19. The van der Waals surface area contributed by atoms with Gasteiger partial charge >= 0.3 is 5.97 Å². The predicted octanol–water partition coefficient (Wildman–Crippen LogP) is 2.36. The monoisotopic (exact) mass is 213 g/mol. The SMILES string of the molecule is CCCCC(C(=O)O)N1CC(CCC)C1. The van der Waals surface area contributed by atoms with E-state index in [1.54, 1.807) is 0 Å². The van der Waals surface area contributed by atoms with E-state index in [2.05, 4.69) is 18.7 Å². The van der Waals surface area contributed by atoms with Crippen molar-refractivity contribution in [1.82, 2.24) is 4.90 Å². The molecule has 0 aromatic heterocycles. The molecule has 0 aromatic rings. The van der Waals surface area contributed by atoms with Gasteiger partial charge < -0.3 is 5.11 Å². The van der Waals surface area contributed by atoms with Crippen molar-refractivity contribution >= 4 is 5.97 Å². The van der Waals surface area contributed by atoms with Crippen molar-refractivity contribution in [2.45, 2.75) is 52.0 Å². The number of aliphatic carboxylic acids is 1. The first kappa shape index (κ1) is 12.5. The van der Waals surface area contributed by atoms with Gasteiger partial charge in [-0.15, -0.1) is 0 Å². The van der Waals surface area contributed by atoms with Crippen molar-refractivity contribution in [3.63, 3.8) is 0 Å². The summed E-state index contributed by atoms with van der Waals surface area (Å²) >= 11 is 0. The lowest BCUT2D eigenvalue weighted by molar-refractivity contribution is -0.146. The number of carboxylic acids is 1. The van der Waals surface area contributed by atoms with Gasteiger partial charge in [0.25, 0.3) is 0 Å². The molecule has 0 radical (unpaired) electrons. The number of carbonyl (C=O) groups is 1. The van der Waals surface area contributed by atoms with Gasteiger partial charge in [0.05, 0.1) is 0 Å². The first-order valence-electron chi connectivity index (χ1n) is 6.15. The van der Waals surface area contributed by atoms with Crippen LogP contribution < -0.4 is 0 Å². The Bertz CT molecular complexity index is 200. The second kappa shape index (κ2) is 6.11. The Morgan fingerprint density at radius 2 is 2.07 bits per heavy atom. The van der Waals surface area contributed by atoms with E-state index in [4.69, 9.17) is 5.11 Å². The van der Waals surface area contributed by atoms with Crippen molar-refractivity contribution in [2.24, 2.45) is 5.92 Å². The van der Waals surface area contributed by atoms with Gasteiger partial charge in [-0.25, -0.2) is 0 Å². The van der Waals surface area contributed by atoms with Crippen LogP contribution in [0, 0.1) is 5.92 Å². The van der Waals surface area contributed by atoms with Crippen LogP contribution in [-0.2, 0) is 4.79 Å². The van der Waals surface area contributed by atoms with Crippen LogP contribution in [0.1, 0.15) is 46.0 Å². The highest BCUT2D eigenvalue weighted by Gasteiger charge is 2.34. The Labute approximate surface area is 92.5 Å². The van der Waals surface area contributed by atoms with E-state index in [0.29, 0.717) is 0 Å². The molecular formula is C12H23NO2. The molecule has 3 nitrogen and oxygen atoms in total. The summed E-state index contributed by atoms with van der Waals surface area (Å²) in [6, 6.07) is -0.224.